The molecule has 8 heteroatoms. The van der Waals surface area contributed by atoms with E-state index in [9.17, 15) is 9.59 Å². The molecule has 3 heterocycles. The molecule has 7 nitrogen and oxygen atoms in total. The zero-order valence-corrected chi connectivity index (χ0v) is 19.3. The number of carbonyl (C=O) groups is 2. The molecule has 1 fully saturated rings. The van der Waals surface area contributed by atoms with Crippen molar-refractivity contribution in [3.63, 3.8) is 0 Å². The smallest absolute Gasteiger partial charge is 0.410 e. The Morgan fingerprint density at radius 1 is 1.30 bits per heavy atom. The standard InChI is InChI=1S/C22H30N2O5S/c1-13(15-7-9-24(10-8-15)21(26)29-22(3,4)5)18-14(2)17(20(25)27-6)19(30-18)16-11-23-28-12-16/h11-13,15H,7-10H2,1-6H3/t13-/m1/s1. The van der Waals surface area contributed by atoms with Gasteiger partial charge in [-0.2, -0.15) is 0 Å². The van der Waals surface area contributed by atoms with Gasteiger partial charge in [-0.1, -0.05) is 12.1 Å². The highest BCUT2D eigenvalue weighted by molar-refractivity contribution is 7.16. The first kappa shape index (κ1) is 22.3. The molecule has 0 bridgehead atoms. The van der Waals surface area contributed by atoms with Crippen LogP contribution in [0.25, 0.3) is 10.4 Å². The number of piperidine rings is 1. The van der Waals surface area contributed by atoms with Crippen LogP contribution in [0.5, 0.6) is 0 Å². The molecule has 1 saturated heterocycles. The predicted octanol–water partition coefficient (Wildman–Crippen LogP) is 5.25. The van der Waals surface area contributed by atoms with Crippen LogP contribution in [-0.4, -0.2) is 47.9 Å². The van der Waals surface area contributed by atoms with E-state index in [4.69, 9.17) is 14.0 Å². The van der Waals surface area contributed by atoms with Crippen molar-refractivity contribution < 1.29 is 23.6 Å². The summed E-state index contributed by atoms with van der Waals surface area (Å²) in [6.07, 6.45) is 4.71. The Morgan fingerprint density at radius 3 is 2.50 bits per heavy atom. The van der Waals surface area contributed by atoms with Crippen molar-refractivity contribution in [1.29, 1.82) is 0 Å². The number of rotatable bonds is 4. The number of hydrogen-bond acceptors (Lipinski definition) is 7. The Balaban J connectivity index is 1.77. The topological polar surface area (TPSA) is 81.9 Å². The third kappa shape index (κ3) is 4.69. The lowest BCUT2D eigenvalue weighted by molar-refractivity contribution is 0.0176. The summed E-state index contributed by atoms with van der Waals surface area (Å²) in [6.45, 7) is 11.2. The highest BCUT2D eigenvalue weighted by Crippen LogP contribution is 2.44. The van der Waals surface area contributed by atoms with Crippen molar-refractivity contribution in [1.82, 2.24) is 10.1 Å². The second-order valence-electron chi connectivity index (χ2n) is 8.79. The first-order chi connectivity index (χ1) is 14.1. The van der Waals surface area contributed by atoms with Crippen LogP contribution in [0.1, 0.15) is 67.3 Å². The summed E-state index contributed by atoms with van der Waals surface area (Å²) in [4.78, 5) is 28.6. The van der Waals surface area contributed by atoms with Crippen molar-refractivity contribution in [2.24, 2.45) is 5.92 Å². The van der Waals surface area contributed by atoms with E-state index in [0.717, 1.165) is 28.8 Å². The van der Waals surface area contributed by atoms with Gasteiger partial charge in [-0.05, 0) is 57.9 Å². The SMILES string of the molecule is COC(=O)c1c(-c2cnoc2)sc([C@H](C)C2CCN(C(=O)OC(C)(C)C)CC2)c1C. The Hall–Kier alpha value is -2.35. The van der Waals surface area contributed by atoms with Crippen LogP contribution in [-0.2, 0) is 9.47 Å². The number of thiophene rings is 1. The number of methoxy groups -OCH3 is 1. The molecule has 0 unspecified atom stereocenters. The van der Waals surface area contributed by atoms with Crippen LogP contribution in [0.2, 0.25) is 0 Å². The van der Waals surface area contributed by atoms with Crippen LogP contribution in [0.4, 0.5) is 4.79 Å². The van der Waals surface area contributed by atoms with Crippen LogP contribution in [0.3, 0.4) is 0 Å². The minimum absolute atomic E-state index is 0.247. The van der Waals surface area contributed by atoms with E-state index in [2.05, 4.69) is 12.1 Å². The fourth-order valence-electron chi connectivity index (χ4n) is 3.96. The van der Waals surface area contributed by atoms with Crippen molar-refractivity contribution in [3.8, 4) is 10.4 Å². The van der Waals surface area contributed by atoms with Gasteiger partial charge < -0.3 is 18.9 Å². The van der Waals surface area contributed by atoms with Gasteiger partial charge in [0.1, 0.15) is 11.9 Å². The highest BCUT2D eigenvalue weighted by atomic mass is 32.1. The molecule has 1 atom stereocenters. The average Bonchev–Trinajstić information content (AvgIpc) is 3.33. The fraction of sp³-hybridized carbons (Fsp3) is 0.591. The third-order valence-electron chi connectivity index (χ3n) is 5.58. The molecule has 3 rings (SSSR count). The monoisotopic (exact) mass is 434 g/mol. The number of aromatic nitrogens is 1. The first-order valence-electron chi connectivity index (χ1n) is 10.2. The van der Waals surface area contributed by atoms with Crippen molar-refractivity contribution in [3.05, 3.63) is 28.5 Å². The number of nitrogens with zero attached hydrogens (tertiary/aromatic N) is 2. The lowest BCUT2D eigenvalue weighted by Gasteiger charge is -2.35. The number of amides is 1. The van der Waals surface area contributed by atoms with Crippen molar-refractivity contribution >= 4 is 23.4 Å². The summed E-state index contributed by atoms with van der Waals surface area (Å²) < 4.78 is 15.5. The normalized spacial score (nSPS) is 16.4. The molecule has 0 radical (unpaired) electrons. The molecule has 0 spiro atoms. The van der Waals surface area contributed by atoms with Crippen molar-refractivity contribution in [2.75, 3.05) is 20.2 Å². The zero-order chi connectivity index (χ0) is 22.1. The maximum absolute atomic E-state index is 12.5. The summed E-state index contributed by atoms with van der Waals surface area (Å²) >= 11 is 1.60. The van der Waals surface area contributed by atoms with E-state index in [0.29, 0.717) is 24.6 Å². The van der Waals surface area contributed by atoms with Gasteiger partial charge in [-0.15, -0.1) is 11.3 Å². The lowest BCUT2D eigenvalue weighted by atomic mass is 9.83. The molecule has 1 aliphatic rings. The Morgan fingerprint density at radius 2 is 1.97 bits per heavy atom. The van der Waals surface area contributed by atoms with Crippen molar-refractivity contribution in [2.45, 2.75) is 59.0 Å². The van der Waals surface area contributed by atoms with E-state index in [-0.39, 0.29) is 18.0 Å². The van der Waals surface area contributed by atoms with E-state index >= 15 is 0 Å². The maximum atomic E-state index is 12.5. The second-order valence-corrected chi connectivity index (χ2v) is 9.85. The molecule has 1 amide bonds. The largest absolute Gasteiger partial charge is 0.465 e. The Bertz CT molecular complexity index is 890. The van der Waals surface area contributed by atoms with Crippen LogP contribution >= 0.6 is 11.3 Å². The van der Waals surface area contributed by atoms with Crippen LogP contribution < -0.4 is 0 Å². The zero-order valence-electron chi connectivity index (χ0n) is 18.5. The third-order valence-corrected chi connectivity index (χ3v) is 7.12. The molecule has 30 heavy (non-hydrogen) atoms. The minimum Gasteiger partial charge on any atom is -0.465 e. The summed E-state index contributed by atoms with van der Waals surface area (Å²) in [5.41, 5.74) is 1.82. The molecule has 2 aromatic heterocycles. The van der Waals surface area contributed by atoms with Gasteiger partial charge in [-0.3, -0.25) is 0 Å². The number of carbonyl (C=O) groups excluding carboxylic acids is 2. The lowest BCUT2D eigenvalue weighted by Crippen LogP contribution is -2.42. The predicted molar refractivity (Wildman–Crippen MR) is 115 cm³/mol. The van der Waals surface area contributed by atoms with Gasteiger partial charge in [0.2, 0.25) is 0 Å². The average molecular weight is 435 g/mol. The number of hydrogen-bond donors (Lipinski definition) is 0. The van der Waals surface area contributed by atoms with Gasteiger partial charge in [0.15, 0.2) is 0 Å². The van der Waals surface area contributed by atoms with E-state index in [1.165, 1.54) is 12.0 Å². The Labute approximate surface area is 181 Å². The first-order valence-corrected chi connectivity index (χ1v) is 11.0. The molecule has 0 aliphatic carbocycles. The summed E-state index contributed by atoms with van der Waals surface area (Å²) in [6, 6.07) is 0. The molecule has 0 saturated carbocycles. The number of likely N-dealkylation sites (tertiary alicyclic amines) is 1. The van der Waals surface area contributed by atoms with E-state index < -0.39 is 5.60 Å². The Kier molecular flexibility index (Phi) is 6.55. The summed E-state index contributed by atoms with van der Waals surface area (Å²) in [7, 11) is 1.40. The van der Waals surface area contributed by atoms with Crippen LogP contribution in [0, 0.1) is 12.8 Å². The number of ether oxygens (including phenoxy) is 2. The second kappa shape index (κ2) is 8.79. The molecule has 0 N–H and O–H groups in total. The summed E-state index contributed by atoms with van der Waals surface area (Å²) in [5, 5.41) is 3.78. The molecular formula is C22H30N2O5S. The van der Waals surface area contributed by atoms with E-state index in [1.807, 2.05) is 27.7 Å². The molecule has 1 aliphatic heterocycles. The molecular weight excluding hydrogens is 404 g/mol. The molecule has 2 aromatic rings. The van der Waals surface area contributed by atoms with Gasteiger partial charge in [-0.25, -0.2) is 9.59 Å². The fourth-order valence-corrected chi connectivity index (χ4v) is 5.37. The van der Waals surface area contributed by atoms with Gasteiger partial charge in [0.05, 0.1) is 29.3 Å². The maximum Gasteiger partial charge on any atom is 0.410 e. The van der Waals surface area contributed by atoms with E-state index in [1.54, 1.807) is 28.7 Å². The number of esters is 1. The minimum atomic E-state index is -0.488. The van der Waals surface area contributed by atoms with Gasteiger partial charge >= 0.3 is 12.1 Å². The van der Waals surface area contributed by atoms with Crippen LogP contribution in [0.15, 0.2) is 17.0 Å². The molecule has 0 aromatic carbocycles. The quantitative estimate of drug-likeness (QED) is 0.612. The summed E-state index contributed by atoms with van der Waals surface area (Å²) in [5.74, 6) is 0.327. The van der Waals surface area contributed by atoms with Gasteiger partial charge in [0, 0.05) is 18.0 Å². The highest BCUT2D eigenvalue weighted by Gasteiger charge is 2.33. The molecule has 164 valence electrons. The van der Waals surface area contributed by atoms with Gasteiger partial charge in [0.25, 0.3) is 0 Å².